The molecule has 2 heteroatoms. The van der Waals surface area contributed by atoms with Crippen LogP contribution in [-0.4, -0.2) is 37.1 Å². The topological polar surface area (TPSA) is 15.3 Å². The second kappa shape index (κ2) is 8.16. The Balaban J connectivity index is 2.52. The van der Waals surface area contributed by atoms with Crippen LogP contribution < -0.4 is 5.32 Å². The van der Waals surface area contributed by atoms with Crippen LogP contribution in [-0.2, 0) is 0 Å². The molecule has 0 aromatic carbocycles. The second-order valence-corrected chi connectivity index (χ2v) is 6.59. The maximum absolute atomic E-state index is 3.54. The fourth-order valence-electron chi connectivity index (χ4n) is 3.22. The molecule has 1 N–H and O–H groups in total. The Labute approximate surface area is 115 Å². The molecule has 2 atom stereocenters. The summed E-state index contributed by atoms with van der Waals surface area (Å²) in [6.45, 7) is 16.6. The van der Waals surface area contributed by atoms with Crippen LogP contribution in [0.25, 0.3) is 0 Å². The van der Waals surface area contributed by atoms with Gasteiger partial charge in [-0.15, -0.1) is 0 Å². The first-order valence-electron chi connectivity index (χ1n) is 8.01. The van der Waals surface area contributed by atoms with E-state index in [9.17, 15) is 0 Å². The minimum atomic E-state index is 0.718. The fourth-order valence-corrected chi connectivity index (χ4v) is 3.22. The lowest BCUT2D eigenvalue weighted by atomic mass is 9.89. The molecule has 1 aliphatic rings. The number of nitrogens with one attached hydrogen (secondary N) is 1. The van der Waals surface area contributed by atoms with Gasteiger partial charge in [-0.25, -0.2) is 0 Å². The lowest BCUT2D eigenvalue weighted by molar-refractivity contribution is 0.154. The zero-order chi connectivity index (χ0) is 13.5. The first kappa shape index (κ1) is 16.0. The summed E-state index contributed by atoms with van der Waals surface area (Å²) in [4.78, 5) is 2.75. The SMILES string of the molecule is CCNCC(C(C)C)N1CCCC(C(C)C)CC1. The molecule has 2 unspecified atom stereocenters. The first-order chi connectivity index (χ1) is 8.56. The molecule has 0 radical (unpaired) electrons. The molecule has 0 aliphatic carbocycles. The van der Waals surface area contributed by atoms with Crippen molar-refractivity contribution >= 4 is 0 Å². The van der Waals surface area contributed by atoms with Crippen LogP contribution in [0.2, 0.25) is 0 Å². The predicted octanol–water partition coefficient (Wildman–Crippen LogP) is 3.38. The Bertz CT molecular complexity index is 213. The molecule has 0 spiro atoms. The van der Waals surface area contributed by atoms with E-state index in [1.54, 1.807) is 0 Å². The maximum Gasteiger partial charge on any atom is 0.0243 e. The summed E-state index contributed by atoms with van der Waals surface area (Å²) in [5.74, 6) is 2.55. The van der Waals surface area contributed by atoms with E-state index in [0.717, 1.165) is 36.9 Å². The summed E-state index contributed by atoms with van der Waals surface area (Å²) in [5, 5.41) is 3.54. The van der Waals surface area contributed by atoms with Crippen LogP contribution in [0.4, 0.5) is 0 Å². The number of likely N-dealkylation sites (N-methyl/N-ethyl adjacent to an activating group) is 1. The van der Waals surface area contributed by atoms with Crippen LogP contribution in [0.1, 0.15) is 53.9 Å². The zero-order valence-corrected chi connectivity index (χ0v) is 13.2. The van der Waals surface area contributed by atoms with E-state index >= 15 is 0 Å². The summed E-state index contributed by atoms with van der Waals surface area (Å²) < 4.78 is 0. The predicted molar refractivity (Wildman–Crippen MR) is 80.9 cm³/mol. The van der Waals surface area contributed by atoms with E-state index in [0.29, 0.717) is 0 Å². The van der Waals surface area contributed by atoms with Crippen molar-refractivity contribution in [2.45, 2.75) is 59.9 Å². The van der Waals surface area contributed by atoms with Gasteiger partial charge in [0.2, 0.25) is 0 Å². The standard InChI is InChI=1S/C16H34N2/c1-6-17-12-16(14(4)5)18-10-7-8-15(9-11-18)13(2)3/h13-17H,6-12H2,1-5H3. The van der Waals surface area contributed by atoms with Crippen molar-refractivity contribution in [3.05, 3.63) is 0 Å². The van der Waals surface area contributed by atoms with Crippen molar-refractivity contribution in [3.63, 3.8) is 0 Å². The molecule has 1 fully saturated rings. The lowest BCUT2D eigenvalue weighted by Crippen LogP contribution is -2.46. The highest BCUT2D eigenvalue weighted by Crippen LogP contribution is 2.26. The fraction of sp³-hybridized carbons (Fsp3) is 1.00. The van der Waals surface area contributed by atoms with Crippen molar-refractivity contribution < 1.29 is 0 Å². The van der Waals surface area contributed by atoms with E-state index in [1.807, 2.05) is 0 Å². The largest absolute Gasteiger partial charge is 0.315 e. The number of hydrogen-bond donors (Lipinski definition) is 1. The van der Waals surface area contributed by atoms with Gasteiger partial charge in [-0.1, -0.05) is 34.6 Å². The van der Waals surface area contributed by atoms with Gasteiger partial charge in [-0.2, -0.15) is 0 Å². The molecule has 0 amide bonds. The highest BCUT2D eigenvalue weighted by molar-refractivity contribution is 4.81. The van der Waals surface area contributed by atoms with E-state index in [2.05, 4.69) is 44.8 Å². The second-order valence-electron chi connectivity index (χ2n) is 6.59. The van der Waals surface area contributed by atoms with Crippen LogP contribution in [0.5, 0.6) is 0 Å². The van der Waals surface area contributed by atoms with Gasteiger partial charge in [-0.05, 0) is 56.7 Å². The van der Waals surface area contributed by atoms with Crippen LogP contribution in [0, 0.1) is 17.8 Å². The van der Waals surface area contributed by atoms with Crippen LogP contribution >= 0.6 is 0 Å². The number of rotatable bonds is 6. The third kappa shape index (κ3) is 4.89. The molecule has 0 saturated carbocycles. The highest BCUT2D eigenvalue weighted by atomic mass is 15.2. The average Bonchev–Trinajstić information content (AvgIpc) is 2.55. The van der Waals surface area contributed by atoms with Gasteiger partial charge in [0.15, 0.2) is 0 Å². The molecular weight excluding hydrogens is 220 g/mol. The zero-order valence-electron chi connectivity index (χ0n) is 13.2. The number of hydrogen-bond acceptors (Lipinski definition) is 2. The molecule has 0 bridgehead atoms. The third-order valence-electron chi connectivity index (χ3n) is 4.59. The van der Waals surface area contributed by atoms with Crippen LogP contribution in [0.15, 0.2) is 0 Å². The Morgan fingerprint density at radius 1 is 1.11 bits per heavy atom. The van der Waals surface area contributed by atoms with Gasteiger partial charge in [0, 0.05) is 12.6 Å². The van der Waals surface area contributed by atoms with Gasteiger partial charge >= 0.3 is 0 Å². The van der Waals surface area contributed by atoms with Gasteiger partial charge in [0.25, 0.3) is 0 Å². The molecule has 1 saturated heterocycles. The smallest absolute Gasteiger partial charge is 0.0243 e. The first-order valence-corrected chi connectivity index (χ1v) is 8.01. The molecule has 1 aliphatic heterocycles. The van der Waals surface area contributed by atoms with Gasteiger partial charge in [0.05, 0.1) is 0 Å². The monoisotopic (exact) mass is 254 g/mol. The van der Waals surface area contributed by atoms with Crippen molar-refractivity contribution in [3.8, 4) is 0 Å². The molecular formula is C16H34N2. The molecule has 108 valence electrons. The Morgan fingerprint density at radius 3 is 2.39 bits per heavy atom. The molecule has 18 heavy (non-hydrogen) atoms. The average molecular weight is 254 g/mol. The van der Waals surface area contributed by atoms with Crippen molar-refractivity contribution in [1.29, 1.82) is 0 Å². The Morgan fingerprint density at radius 2 is 1.83 bits per heavy atom. The summed E-state index contributed by atoms with van der Waals surface area (Å²) in [6.07, 6.45) is 4.21. The van der Waals surface area contributed by atoms with Gasteiger partial charge in [-0.3, -0.25) is 4.90 Å². The summed E-state index contributed by atoms with van der Waals surface area (Å²) >= 11 is 0. The molecule has 1 heterocycles. The summed E-state index contributed by atoms with van der Waals surface area (Å²) in [7, 11) is 0. The Hall–Kier alpha value is -0.0800. The van der Waals surface area contributed by atoms with E-state index in [1.165, 1.54) is 32.4 Å². The number of nitrogens with zero attached hydrogens (tertiary/aromatic N) is 1. The number of likely N-dealkylation sites (tertiary alicyclic amines) is 1. The minimum absolute atomic E-state index is 0.718. The van der Waals surface area contributed by atoms with Gasteiger partial charge in [0.1, 0.15) is 0 Å². The van der Waals surface area contributed by atoms with Gasteiger partial charge < -0.3 is 5.32 Å². The summed E-state index contributed by atoms with van der Waals surface area (Å²) in [6, 6.07) is 0.718. The maximum atomic E-state index is 3.54. The van der Waals surface area contributed by atoms with Crippen molar-refractivity contribution in [2.75, 3.05) is 26.2 Å². The molecule has 0 aromatic heterocycles. The lowest BCUT2D eigenvalue weighted by Gasteiger charge is -2.34. The van der Waals surface area contributed by atoms with E-state index in [-0.39, 0.29) is 0 Å². The van der Waals surface area contributed by atoms with Crippen molar-refractivity contribution in [2.24, 2.45) is 17.8 Å². The molecule has 1 rings (SSSR count). The van der Waals surface area contributed by atoms with E-state index < -0.39 is 0 Å². The normalized spacial score (nSPS) is 24.5. The minimum Gasteiger partial charge on any atom is -0.315 e. The van der Waals surface area contributed by atoms with Crippen molar-refractivity contribution in [1.82, 2.24) is 10.2 Å². The molecule has 2 nitrogen and oxygen atoms in total. The quantitative estimate of drug-likeness (QED) is 0.782. The third-order valence-corrected chi connectivity index (χ3v) is 4.59. The Kier molecular flexibility index (Phi) is 7.25. The van der Waals surface area contributed by atoms with E-state index in [4.69, 9.17) is 0 Å². The highest BCUT2D eigenvalue weighted by Gasteiger charge is 2.25. The molecule has 0 aromatic rings. The van der Waals surface area contributed by atoms with Crippen LogP contribution in [0.3, 0.4) is 0 Å². The summed E-state index contributed by atoms with van der Waals surface area (Å²) in [5.41, 5.74) is 0.